The van der Waals surface area contributed by atoms with Crippen molar-refractivity contribution in [3.63, 3.8) is 0 Å². The second-order valence-corrected chi connectivity index (χ2v) is 10.1. The van der Waals surface area contributed by atoms with Crippen LogP contribution in [0.1, 0.15) is 35.2 Å². The van der Waals surface area contributed by atoms with Crippen molar-refractivity contribution in [1.29, 1.82) is 0 Å². The fraction of sp³-hybridized carbons (Fsp3) is 0.333. The van der Waals surface area contributed by atoms with Gasteiger partial charge in [-0.2, -0.15) is 9.97 Å². The van der Waals surface area contributed by atoms with E-state index in [1.54, 1.807) is 36.4 Å². The molecule has 2 aliphatic heterocycles. The first-order chi connectivity index (χ1) is 20.0. The van der Waals surface area contributed by atoms with Crippen LogP contribution in [0.4, 0.5) is 15.9 Å². The molecule has 210 valence electrons. The number of carboxylic acid groups (broad SMARTS) is 1. The zero-order valence-corrected chi connectivity index (χ0v) is 22.2. The Morgan fingerprint density at radius 3 is 2.66 bits per heavy atom. The molecule has 2 saturated heterocycles. The summed E-state index contributed by atoms with van der Waals surface area (Å²) < 4.78 is 33.9. The van der Waals surface area contributed by atoms with Crippen LogP contribution in [0.5, 0.6) is 11.9 Å². The zero-order valence-electron chi connectivity index (χ0n) is 22.2. The Hall–Kier alpha value is -4.69. The van der Waals surface area contributed by atoms with Gasteiger partial charge in [0.05, 0.1) is 35.8 Å². The maximum Gasteiger partial charge on any atom is 0.335 e. The lowest BCUT2D eigenvalue weighted by Crippen LogP contribution is -2.39. The lowest BCUT2D eigenvalue weighted by molar-refractivity contribution is -0.0600. The summed E-state index contributed by atoms with van der Waals surface area (Å²) in [6.07, 6.45) is 2.42. The number of aromatic nitrogens is 3. The molecule has 0 saturated carbocycles. The van der Waals surface area contributed by atoms with Crippen molar-refractivity contribution in [2.75, 3.05) is 24.6 Å². The number of carboxylic acids is 1. The molecular weight excluding hydrogens is 529 g/mol. The fourth-order valence-electron chi connectivity index (χ4n) is 5.02. The van der Waals surface area contributed by atoms with Crippen LogP contribution in [-0.4, -0.2) is 57.5 Å². The number of hydrogen-bond donors (Lipinski definition) is 1. The molecule has 4 aromatic rings. The number of fused-ring (bicyclic) bond motifs is 1. The molecule has 1 atom stereocenters. The molecule has 0 amide bonds. The average molecular weight is 558 g/mol. The van der Waals surface area contributed by atoms with Crippen molar-refractivity contribution in [3.05, 3.63) is 83.0 Å². The number of halogens is 1. The third-order valence-electron chi connectivity index (χ3n) is 7.43. The van der Waals surface area contributed by atoms with Gasteiger partial charge in [0, 0.05) is 44.2 Å². The van der Waals surface area contributed by atoms with Crippen LogP contribution in [0.2, 0.25) is 0 Å². The SMILES string of the molecule is [C-]#[N+]c1ccc(COc2cccc(N3CCC(Oc4nc5ccc(C(=O)O)cc5n4C[C@@H]4CCO4)CC3)n2)c(F)c1. The first kappa shape index (κ1) is 26.5. The number of pyridine rings is 1. The summed E-state index contributed by atoms with van der Waals surface area (Å²) in [5.41, 5.74) is 2.21. The normalized spacial score (nSPS) is 17.2. The van der Waals surface area contributed by atoms with E-state index in [9.17, 15) is 14.3 Å². The van der Waals surface area contributed by atoms with E-state index in [-0.39, 0.29) is 30.1 Å². The van der Waals surface area contributed by atoms with Gasteiger partial charge >= 0.3 is 5.97 Å². The largest absolute Gasteiger partial charge is 0.478 e. The zero-order chi connectivity index (χ0) is 28.3. The van der Waals surface area contributed by atoms with E-state index in [2.05, 4.69) is 19.7 Å². The molecule has 2 aliphatic rings. The highest BCUT2D eigenvalue weighted by Crippen LogP contribution is 2.29. The van der Waals surface area contributed by atoms with Crippen molar-refractivity contribution < 1.29 is 28.5 Å². The molecule has 41 heavy (non-hydrogen) atoms. The maximum atomic E-state index is 14.2. The van der Waals surface area contributed by atoms with Crippen molar-refractivity contribution in [3.8, 4) is 11.9 Å². The quantitative estimate of drug-likeness (QED) is 0.279. The van der Waals surface area contributed by atoms with Crippen molar-refractivity contribution >= 4 is 28.5 Å². The molecule has 0 unspecified atom stereocenters. The van der Waals surface area contributed by atoms with E-state index in [0.29, 0.717) is 42.6 Å². The third-order valence-corrected chi connectivity index (χ3v) is 7.43. The third kappa shape index (κ3) is 5.78. The number of ether oxygens (including phenoxy) is 3. The molecule has 4 heterocycles. The minimum absolute atomic E-state index is 0.0112. The molecule has 2 aromatic carbocycles. The average Bonchev–Trinajstić information content (AvgIpc) is 3.30. The maximum absolute atomic E-state index is 14.2. The first-order valence-corrected chi connectivity index (χ1v) is 13.5. The van der Waals surface area contributed by atoms with Gasteiger partial charge in [0.15, 0.2) is 5.69 Å². The van der Waals surface area contributed by atoms with Gasteiger partial charge < -0.3 is 24.2 Å². The number of benzene rings is 2. The molecule has 0 bridgehead atoms. The minimum atomic E-state index is -0.986. The van der Waals surface area contributed by atoms with Gasteiger partial charge in [0.2, 0.25) is 5.88 Å². The monoisotopic (exact) mass is 557 g/mol. The lowest BCUT2D eigenvalue weighted by Gasteiger charge is -2.33. The van der Waals surface area contributed by atoms with E-state index in [4.69, 9.17) is 20.8 Å². The van der Waals surface area contributed by atoms with E-state index >= 15 is 0 Å². The second-order valence-electron chi connectivity index (χ2n) is 10.1. The van der Waals surface area contributed by atoms with Gasteiger partial charge in [-0.25, -0.2) is 14.0 Å². The molecule has 0 aliphatic carbocycles. The Kier molecular flexibility index (Phi) is 7.39. The number of nitrogens with zero attached hydrogens (tertiary/aromatic N) is 5. The Bertz CT molecular complexity index is 1620. The summed E-state index contributed by atoms with van der Waals surface area (Å²) in [6.45, 7) is 9.71. The molecule has 2 fully saturated rings. The van der Waals surface area contributed by atoms with Gasteiger partial charge in [0.1, 0.15) is 24.3 Å². The molecule has 6 rings (SSSR count). The molecule has 10 nitrogen and oxygen atoms in total. The van der Waals surface area contributed by atoms with Gasteiger partial charge in [-0.1, -0.05) is 18.2 Å². The molecular formula is C30H28FN5O5. The molecule has 2 aromatic heterocycles. The predicted octanol–water partition coefficient (Wildman–Crippen LogP) is 5.24. The highest BCUT2D eigenvalue weighted by molar-refractivity contribution is 5.92. The van der Waals surface area contributed by atoms with Gasteiger partial charge in [-0.15, -0.1) is 0 Å². The van der Waals surface area contributed by atoms with Crippen LogP contribution >= 0.6 is 0 Å². The summed E-state index contributed by atoms with van der Waals surface area (Å²) in [5, 5.41) is 9.46. The van der Waals surface area contributed by atoms with E-state index in [0.717, 1.165) is 37.2 Å². The summed E-state index contributed by atoms with van der Waals surface area (Å²) in [5.74, 6) is -0.310. The Morgan fingerprint density at radius 1 is 1.12 bits per heavy atom. The summed E-state index contributed by atoms with van der Waals surface area (Å²) >= 11 is 0. The second kappa shape index (κ2) is 11.4. The van der Waals surface area contributed by atoms with Gasteiger partial charge in [0.25, 0.3) is 6.01 Å². The number of anilines is 1. The van der Waals surface area contributed by atoms with Gasteiger partial charge in [-0.3, -0.25) is 4.57 Å². The highest BCUT2D eigenvalue weighted by atomic mass is 19.1. The molecule has 0 spiro atoms. The van der Waals surface area contributed by atoms with Crippen LogP contribution in [0.15, 0.2) is 54.6 Å². The smallest absolute Gasteiger partial charge is 0.335 e. The van der Waals surface area contributed by atoms with E-state index in [1.807, 2.05) is 16.7 Å². The minimum Gasteiger partial charge on any atom is -0.478 e. The number of rotatable bonds is 9. The number of carbonyl (C=O) groups is 1. The Balaban J connectivity index is 1.10. The van der Waals surface area contributed by atoms with Crippen LogP contribution in [-0.2, 0) is 17.9 Å². The van der Waals surface area contributed by atoms with Crippen LogP contribution in [0, 0.1) is 12.4 Å². The molecule has 11 heteroatoms. The van der Waals surface area contributed by atoms with Crippen LogP contribution < -0.4 is 14.4 Å². The van der Waals surface area contributed by atoms with Crippen molar-refractivity contribution in [1.82, 2.24) is 14.5 Å². The Labute approximate surface area is 235 Å². The number of piperidine rings is 1. The van der Waals surface area contributed by atoms with Crippen LogP contribution in [0.3, 0.4) is 0 Å². The van der Waals surface area contributed by atoms with Crippen molar-refractivity contribution in [2.24, 2.45) is 0 Å². The number of aromatic carboxylic acids is 1. The summed E-state index contributed by atoms with van der Waals surface area (Å²) in [4.78, 5) is 26.2. The summed E-state index contributed by atoms with van der Waals surface area (Å²) in [6, 6.07) is 15.2. The van der Waals surface area contributed by atoms with Gasteiger partial charge in [-0.05, 0) is 36.8 Å². The standard InChI is InChI=1S/C30H28FN5O5/c1-32-21-7-5-20(24(31)16-21)18-40-28-4-2-3-27(34-28)35-12-9-22(10-13-35)41-30-33-25-8-6-19(29(37)38)15-26(25)36(30)17-23-11-14-39-23/h2-8,15-16,22-23H,9-14,17-18H2,(H,37,38)/t23-/m0/s1. The lowest BCUT2D eigenvalue weighted by atomic mass is 10.1. The first-order valence-electron chi connectivity index (χ1n) is 13.5. The highest BCUT2D eigenvalue weighted by Gasteiger charge is 2.27. The summed E-state index contributed by atoms with van der Waals surface area (Å²) in [7, 11) is 0. The topological polar surface area (TPSA) is 103 Å². The Morgan fingerprint density at radius 2 is 1.95 bits per heavy atom. The van der Waals surface area contributed by atoms with E-state index < -0.39 is 11.8 Å². The molecule has 0 radical (unpaired) electrons. The van der Waals surface area contributed by atoms with E-state index in [1.165, 1.54) is 6.07 Å². The van der Waals surface area contributed by atoms with Crippen molar-refractivity contribution in [2.45, 2.75) is 44.6 Å². The number of hydrogen-bond acceptors (Lipinski definition) is 7. The number of imidazole rings is 1. The fourth-order valence-corrected chi connectivity index (χ4v) is 5.02. The van der Waals surface area contributed by atoms with Crippen LogP contribution in [0.25, 0.3) is 15.9 Å². The predicted molar refractivity (Wildman–Crippen MR) is 148 cm³/mol. The molecule has 1 N–H and O–H groups in total.